The number of nitrogens with zero attached hydrogens (tertiary/aromatic N) is 2. The molecule has 3 aromatic carbocycles. The molecule has 224 valence electrons. The zero-order valence-corrected chi connectivity index (χ0v) is 24.8. The Labute approximate surface area is 249 Å². The molecular formula is C35H44N2O5. The third kappa shape index (κ3) is 7.82. The van der Waals surface area contributed by atoms with Gasteiger partial charge in [-0.15, -0.1) is 0 Å². The number of carbonyl (C=O) groups is 2. The van der Waals surface area contributed by atoms with Crippen LogP contribution in [0, 0.1) is 5.92 Å². The number of Topliss-reactive ketones (excluding diaryl/α,β-unsaturated/α-hetero) is 1. The van der Waals surface area contributed by atoms with Crippen molar-refractivity contribution in [1.82, 2.24) is 4.90 Å². The molecule has 0 aromatic heterocycles. The lowest BCUT2D eigenvalue weighted by Crippen LogP contribution is -2.28. The minimum Gasteiger partial charge on any atom is -0.494 e. The highest BCUT2D eigenvalue weighted by Gasteiger charge is 2.21. The first-order chi connectivity index (χ1) is 20.5. The molecule has 2 unspecified atom stereocenters. The van der Waals surface area contributed by atoms with Crippen LogP contribution in [0.25, 0.3) is 10.8 Å². The number of ether oxygens (including phenoxy) is 2. The van der Waals surface area contributed by atoms with Crippen LogP contribution in [-0.4, -0.2) is 67.2 Å². The fourth-order valence-electron chi connectivity index (χ4n) is 6.50. The molecule has 2 heterocycles. The number of anilines is 1. The summed E-state index contributed by atoms with van der Waals surface area (Å²) in [5.41, 5.74) is 1.91. The van der Waals surface area contributed by atoms with Crippen LogP contribution in [0.3, 0.4) is 0 Å². The Hall–Kier alpha value is -3.58. The van der Waals surface area contributed by atoms with E-state index in [1.807, 2.05) is 24.3 Å². The molecule has 2 saturated heterocycles. The van der Waals surface area contributed by atoms with Crippen LogP contribution in [-0.2, 0) is 4.79 Å². The topological polar surface area (TPSA) is 79.3 Å². The van der Waals surface area contributed by atoms with E-state index in [0.717, 1.165) is 74.9 Å². The summed E-state index contributed by atoms with van der Waals surface area (Å²) in [4.78, 5) is 29.3. The van der Waals surface area contributed by atoms with Crippen molar-refractivity contribution in [2.45, 2.75) is 64.3 Å². The quantitative estimate of drug-likeness (QED) is 0.178. The molecule has 0 amide bonds. The summed E-state index contributed by atoms with van der Waals surface area (Å²) < 4.78 is 11.5. The van der Waals surface area contributed by atoms with Crippen LogP contribution >= 0.6 is 0 Å². The molecule has 2 aliphatic rings. The number of benzene rings is 3. The lowest BCUT2D eigenvalue weighted by Gasteiger charge is -2.23. The van der Waals surface area contributed by atoms with Gasteiger partial charge in [0.05, 0.1) is 6.61 Å². The fraction of sp³-hybridized carbons (Fsp3) is 0.486. The number of aliphatic carboxylic acids is 1. The Morgan fingerprint density at radius 1 is 0.881 bits per heavy atom. The highest BCUT2D eigenvalue weighted by atomic mass is 16.5. The second-order valence-corrected chi connectivity index (χ2v) is 11.8. The number of hydrogen-bond acceptors (Lipinski definition) is 6. The van der Waals surface area contributed by atoms with Gasteiger partial charge in [0.15, 0.2) is 12.4 Å². The number of likely N-dealkylation sites (tertiary alicyclic amines) is 1. The van der Waals surface area contributed by atoms with Crippen LogP contribution < -0.4 is 14.4 Å². The monoisotopic (exact) mass is 572 g/mol. The number of hydrogen-bond donors (Lipinski definition) is 1. The Morgan fingerprint density at radius 2 is 1.67 bits per heavy atom. The summed E-state index contributed by atoms with van der Waals surface area (Å²) in [5.74, 6) is 1.04. The van der Waals surface area contributed by atoms with Crippen LogP contribution in [0.2, 0.25) is 0 Å². The van der Waals surface area contributed by atoms with E-state index < -0.39 is 12.6 Å². The van der Waals surface area contributed by atoms with Gasteiger partial charge in [-0.2, -0.15) is 0 Å². The van der Waals surface area contributed by atoms with Gasteiger partial charge in [0.2, 0.25) is 0 Å². The molecule has 2 fully saturated rings. The van der Waals surface area contributed by atoms with Gasteiger partial charge in [-0.25, -0.2) is 4.79 Å². The number of carboxylic acid groups (broad SMARTS) is 1. The minimum absolute atomic E-state index is 0.127. The molecule has 0 saturated carbocycles. The molecule has 0 radical (unpaired) electrons. The third-order valence-corrected chi connectivity index (χ3v) is 8.91. The molecule has 0 aliphatic carbocycles. The second-order valence-electron chi connectivity index (χ2n) is 11.8. The fourth-order valence-corrected chi connectivity index (χ4v) is 6.50. The maximum atomic E-state index is 13.3. The van der Waals surface area contributed by atoms with Crippen LogP contribution in [0.1, 0.15) is 68.6 Å². The van der Waals surface area contributed by atoms with Crippen LogP contribution in [0.4, 0.5) is 5.69 Å². The first kappa shape index (κ1) is 29.9. The normalized spacial score (nSPS) is 19.5. The average Bonchev–Trinajstić information content (AvgIpc) is 3.26. The second kappa shape index (κ2) is 14.5. The zero-order valence-electron chi connectivity index (χ0n) is 24.8. The van der Waals surface area contributed by atoms with Crippen molar-refractivity contribution in [3.63, 3.8) is 0 Å². The van der Waals surface area contributed by atoms with Gasteiger partial charge in [-0.05, 0) is 106 Å². The van der Waals surface area contributed by atoms with E-state index >= 15 is 0 Å². The number of carbonyl (C=O) groups excluding carboxylic acids is 1. The molecular weight excluding hydrogens is 528 g/mol. The molecule has 2 atom stereocenters. The van der Waals surface area contributed by atoms with Crippen molar-refractivity contribution < 1.29 is 24.2 Å². The largest absolute Gasteiger partial charge is 0.494 e. The van der Waals surface area contributed by atoms with Crippen molar-refractivity contribution in [2.24, 2.45) is 5.92 Å². The predicted octanol–water partition coefficient (Wildman–Crippen LogP) is 6.83. The average molecular weight is 573 g/mol. The van der Waals surface area contributed by atoms with Crippen molar-refractivity contribution in [1.29, 1.82) is 0 Å². The maximum absolute atomic E-state index is 13.3. The highest BCUT2D eigenvalue weighted by Crippen LogP contribution is 2.31. The lowest BCUT2D eigenvalue weighted by molar-refractivity contribution is -0.139. The van der Waals surface area contributed by atoms with Crippen LogP contribution in [0.15, 0.2) is 60.7 Å². The molecule has 0 spiro atoms. The van der Waals surface area contributed by atoms with Crippen molar-refractivity contribution in [3.8, 4) is 11.5 Å². The SMILES string of the molecule is CC1CCCN1CCCOc1ccc(N2CCCC(CCC(=O)c3ccc(OCC(=O)O)c4ccccc34)CC2)cc1. The molecule has 42 heavy (non-hydrogen) atoms. The predicted molar refractivity (Wildman–Crippen MR) is 167 cm³/mol. The molecule has 7 nitrogen and oxygen atoms in total. The van der Waals surface area contributed by atoms with E-state index in [1.165, 1.54) is 25.1 Å². The summed E-state index contributed by atoms with van der Waals surface area (Å²) in [5, 5.41) is 10.6. The first-order valence-corrected chi connectivity index (χ1v) is 15.6. The Bertz CT molecular complexity index is 1340. The number of ketones is 1. The van der Waals surface area contributed by atoms with E-state index in [-0.39, 0.29) is 5.78 Å². The van der Waals surface area contributed by atoms with Crippen LogP contribution in [0.5, 0.6) is 11.5 Å². The van der Waals surface area contributed by atoms with Gasteiger partial charge in [-0.3, -0.25) is 4.79 Å². The summed E-state index contributed by atoms with van der Waals surface area (Å²) in [6.07, 6.45) is 8.40. The van der Waals surface area contributed by atoms with Crippen molar-refractivity contribution in [3.05, 3.63) is 66.2 Å². The molecule has 0 bridgehead atoms. The van der Waals surface area contributed by atoms with Gasteiger partial charge in [0.25, 0.3) is 0 Å². The zero-order chi connectivity index (χ0) is 29.3. The number of rotatable bonds is 13. The van der Waals surface area contributed by atoms with Gasteiger partial charge in [0.1, 0.15) is 11.5 Å². The lowest BCUT2D eigenvalue weighted by atomic mass is 9.91. The Kier molecular flexibility index (Phi) is 10.4. The van der Waals surface area contributed by atoms with E-state index in [0.29, 0.717) is 29.7 Å². The van der Waals surface area contributed by atoms with Crippen molar-refractivity contribution in [2.75, 3.05) is 44.3 Å². The van der Waals surface area contributed by atoms with E-state index in [4.69, 9.17) is 14.6 Å². The molecule has 2 aliphatic heterocycles. The van der Waals surface area contributed by atoms with Gasteiger partial charge < -0.3 is 24.4 Å². The maximum Gasteiger partial charge on any atom is 0.341 e. The highest BCUT2D eigenvalue weighted by molar-refractivity contribution is 6.09. The van der Waals surface area contributed by atoms with Gasteiger partial charge in [-0.1, -0.05) is 24.3 Å². The Balaban J connectivity index is 1.09. The minimum atomic E-state index is -1.03. The summed E-state index contributed by atoms with van der Waals surface area (Å²) in [6.45, 7) is 7.03. The van der Waals surface area contributed by atoms with Gasteiger partial charge in [0, 0.05) is 48.7 Å². The van der Waals surface area contributed by atoms with Gasteiger partial charge >= 0.3 is 5.97 Å². The summed E-state index contributed by atoms with van der Waals surface area (Å²) in [6, 6.07) is 20.3. The molecule has 1 N–H and O–H groups in total. The van der Waals surface area contributed by atoms with E-state index in [2.05, 4.69) is 41.0 Å². The molecule has 7 heteroatoms. The summed E-state index contributed by atoms with van der Waals surface area (Å²) >= 11 is 0. The Morgan fingerprint density at radius 3 is 2.43 bits per heavy atom. The third-order valence-electron chi connectivity index (χ3n) is 8.91. The summed E-state index contributed by atoms with van der Waals surface area (Å²) in [7, 11) is 0. The standard InChI is InChI=1S/C35H44N2O5/c1-26-7-4-20-36(26)22-6-24-41-29-14-12-28(13-15-29)37-21-5-8-27(19-23-37)11-17-33(38)31-16-18-34(42-25-35(39)40)32-10-3-2-9-30(31)32/h2-3,9-10,12-16,18,26-27H,4-8,11,17,19-25H2,1H3,(H,39,40). The van der Waals surface area contributed by atoms with E-state index in [1.54, 1.807) is 12.1 Å². The smallest absolute Gasteiger partial charge is 0.341 e. The number of carboxylic acids is 1. The van der Waals surface area contributed by atoms with Crippen molar-refractivity contribution >= 4 is 28.2 Å². The van der Waals surface area contributed by atoms with E-state index in [9.17, 15) is 9.59 Å². The first-order valence-electron chi connectivity index (χ1n) is 15.6. The number of fused-ring (bicyclic) bond motifs is 1. The molecule has 3 aromatic rings. The molecule has 5 rings (SSSR count).